The summed E-state index contributed by atoms with van der Waals surface area (Å²) in [6.45, 7) is 0.558. The van der Waals surface area contributed by atoms with Crippen LogP contribution in [0.5, 0.6) is 0 Å². The molecule has 1 unspecified atom stereocenters. The van der Waals surface area contributed by atoms with E-state index in [0.717, 1.165) is 17.5 Å². The van der Waals surface area contributed by atoms with E-state index in [1.807, 2.05) is 24.3 Å². The maximum Gasteiger partial charge on any atom is 0.243 e. The smallest absolute Gasteiger partial charge is 0.243 e. The van der Waals surface area contributed by atoms with E-state index < -0.39 is 0 Å². The molecule has 0 radical (unpaired) electrons. The summed E-state index contributed by atoms with van der Waals surface area (Å²) in [5.41, 5.74) is 1.60. The summed E-state index contributed by atoms with van der Waals surface area (Å²) in [6.07, 6.45) is 0.783. The van der Waals surface area contributed by atoms with E-state index in [4.69, 9.17) is 16.3 Å². The number of aromatic nitrogens is 3. The van der Waals surface area contributed by atoms with Crippen LogP contribution >= 0.6 is 11.6 Å². The predicted octanol–water partition coefficient (Wildman–Crippen LogP) is 2.08. The van der Waals surface area contributed by atoms with Gasteiger partial charge in [0.2, 0.25) is 5.95 Å². The predicted molar refractivity (Wildman–Crippen MR) is 72.0 cm³/mol. The molecule has 2 aromatic rings. The van der Waals surface area contributed by atoms with E-state index in [9.17, 15) is 0 Å². The summed E-state index contributed by atoms with van der Waals surface area (Å²) in [5, 5.41) is 11.3. The molecule has 18 heavy (non-hydrogen) atoms. The summed E-state index contributed by atoms with van der Waals surface area (Å²) in [5.74, 6) is 1.06. The lowest BCUT2D eigenvalue weighted by molar-refractivity contribution is 0.184. The van der Waals surface area contributed by atoms with Gasteiger partial charge < -0.3 is 10.1 Å². The molecule has 0 bridgehead atoms. The molecule has 1 aromatic heterocycles. The number of methoxy groups -OCH3 is 1. The van der Waals surface area contributed by atoms with Crippen LogP contribution in [0.15, 0.2) is 24.3 Å². The number of fused-ring (bicyclic) bond motifs is 1. The number of hydrogen-bond donors (Lipinski definition) is 1. The largest absolute Gasteiger partial charge is 0.383 e. The number of halogens is 1. The Morgan fingerprint density at radius 3 is 2.78 bits per heavy atom. The molecule has 0 aliphatic rings. The van der Waals surface area contributed by atoms with Crippen LogP contribution in [0.25, 0.3) is 11.0 Å². The number of nitrogens with zero attached hydrogens (tertiary/aromatic N) is 3. The minimum atomic E-state index is 0.0930. The number of benzene rings is 1. The van der Waals surface area contributed by atoms with Gasteiger partial charge in [-0.15, -0.1) is 21.8 Å². The van der Waals surface area contributed by atoms with Crippen LogP contribution in [-0.4, -0.2) is 40.8 Å². The number of nitrogens with one attached hydrogen (secondary N) is 1. The fourth-order valence-corrected chi connectivity index (χ4v) is 1.92. The third-order valence-corrected chi connectivity index (χ3v) is 2.74. The first-order valence-electron chi connectivity index (χ1n) is 5.74. The van der Waals surface area contributed by atoms with E-state index in [0.29, 0.717) is 18.4 Å². The van der Waals surface area contributed by atoms with Crippen LogP contribution in [0.4, 0.5) is 5.95 Å². The molecule has 0 saturated carbocycles. The second-order valence-electron chi connectivity index (χ2n) is 3.90. The van der Waals surface area contributed by atoms with Crippen molar-refractivity contribution in [3.63, 3.8) is 0 Å². The minimum absolute atomic E-state index is 0.0930. The number of rotatable bonds is 6. The Bertz CT molecular complexity index is 502. The average molecular weight is 267 g/mol. The normalized spacial score (nSPS) is 12.6. The molecule has 96 valence electrons. The molecule has 2 rings (SSSR count). The fraction of sp³-hybridized carbons (Fsp3) is 0.417. The van der Waals surface area contributed by atoms with Gasteiger partial charge in [0, 0.05) is 13.0 Å². The number of hydrogen-bond acceptors (Lipinski definition) is 5. The van der Waals surface area contributed by atoms with Gasteiger partial charge in [0.1, 0.15) is 5.52 Å². The van der Waals surface area contributed by atoms with E-state index in [1.165, 1.54) is 0 Å². The average Bonchev–Trinajstić information content (AvgIpc) is 2.39. The van der Waals surface area contributed by atoms with Crippen LogP contribution in [0, 0.1) is 0 Å². The first-order valence-corrected chi connectivity index (χ1v) is 6.28. The summed E-state index contributed by atoms with van der Waals surface area (Å²) in [7, 11) is 1.66. The van der Waals surface area contributed by atoms with Crippen LogP contribution in [-0.2, 0) is 4.74 Å². The van der Waals surface area contributed by atoms with Crippen molar-refractivity contribution in [3.8, 4) is 0 Å². The van der Waals surface area contributed by atoms with Crippen LogP contribution in [0.3, 0.4) is 0 Å². The molecule has 5 nitrogen and oxygen atoms in total. The van der Waals surface area contributed by atoms with Gasteiger partial charge >= 0.3 is 0 Å². The molecule has 0 aliphatic carbocycles. The Labute approximate surface area is 111 Å². The van der Waals surface area contributed by atoms with E-state index in [2.05, 4.69) is 20.5 Å². The molecule has 0 amide bonds. The zero-order chi connectivity index (χ0) is 12.8. The third kappa shape index (κ3) is 3.27. The van der Waals surface area contributed by atoms with Gasteiger partial charge in [-0.2, -0.15) is 0 Å². The van der Waals surface area contributed by atoms with E-state index in [-0.39, 0.29) is 6.04 Å². The lowest BCUT2D eigenvalue weighted by Gasteiger charge is -2.16. The lowest BCUT2D eigenvalue weighted by Crippen LogP contribution is -2.26. The number of para-hydroxylation sites is 1. The van der Waals surface area contributed by atoms with Gasteiger partial charge in [0.15, 0.2) is 0 Å². The lowest BCUT2D eigenvalue weighted by atomic mass is 10.2. The third-order valence-electron chi connectivity index (χ3n) is 2.52. The molecule has 1 aromatic carbocycles. The van der Waals surface area contributed by atoms with Crippen LogP contribution in [0.2, 0.25) is 0 Å². The SMILES string of the molecule is COCC(CCCl)Nc1nnc2ccccc2n1. The highest BCUT2D eigenvalue weighted by Gasteiger charge is 2.10. The van der Waals surface area contributed by atoms with E-state index >= 15 is 0 Å². The summed E-state index contributed by atoms with van der Waals surface area (Å²) >= 11 is 5.74. The number of anilines is 1. The molecule has 0 fully saturated rings. The van der Waals surface area contributed by atoms with E-state index in [1.54, 1.807) is 7.11 Å². The second kappa shape index (κ2) is 6.47. The molecule has 6 heteroatoms. The second-order valence-corrected chi connectivity index (χ2v) is 4.28. The van der Waals surface area contributed by atoms with Crippen molar-refractivity contribution in [3.05, 3.63) is 24.3 Å². The first kappa shape index (κ1) is 13.0. The zero-order valence-corrected chi connectivity index (χ0v) is 10.9. The molecule has 0 aliphatic heterocycles. The Kier molecular flexibility index (Phi) is 4.66. The number of alkyl halides is 1. The summed E-state index contributed by atoms with van der Waals surface area (Å²) in [6, 6.07) is 7.71. The van der Waals surface area contributed by atoms with Crippen molar-refractivity contribution in [2.45, 2.75) is 12.5 Å². The molecular weight excluding hydrogens is 252 g/mol. The highest BCUT2D eigenvalue weighted by molar-refractivity contribution is 6.17. The van der Waals surface area contributed by atoms with Crippen molar-refractivity contribution in [1.29, 1.82) is 0 Å². The highest BCUT2D eigenvalue weighted by Crippen LogP contribution is 2.10. The molecule has 1 heterocycles. The topological polar surface area (TPSA) is 59.9 Å². The Balaban J connectivity index is 2.14. The number of ether oxygens (including phenoxy) is 1. The Morgan fingerprint density at radius 1 is 1.28 bits per heavy atom. The van der Waals surface area contributed by atoms with Gasteiger partial charge in [0.25, 0.3) is 0 Å². The molecule has 0 saturated heterocycles. The van der Waals surface area contributed by atoms with Crippen LogP contribution in [0.1, 0.15) is 6.42 Å². The maximum atomic E-state index is 5.74. The zero-order valence-electron chi connectivity index (χ0n) is 10.1. The van der Waals surface area contributed by atoms with Gasteiger partial charge in [-0.1, -0.05) is 12.1 Å². The van der Waals surface area contributed by atoms with Crippen LogP contribution < -0.4 is 5.32 Å². The van der Waals surface area contributed by atoms with Crippen molar-refractivity contribution in [1.82, 2.24) is 15.2 Å². The van der Waals surface area contributed by atoms with Gasteiger partial charge in [0.05, 0.1) is 18.2 Å². The molecular formula is C12H15ClN4O. The highest BCUT2D eigenvalue weighted by atomic mass is 35.5. The molecule has 1 N–H and O–H groups in total. The minimum Gasteiger partial charge on any atom is -0.383 e. The fourth-order valence-electron chi connectivity index (χ4n) is 1.65. The quantitative estimate of drug-likeness (QED) is 0.811. The van der Waals surface area contributed by atoms with Gasteiger partial charge in [-0.25, -0.2) is 4.98 Å². The monoisotopic (exact) mass is 266 g/mol. The first-order chi connectivity index (χ1) is 8.83. The van der Waals surface area contributed by atoms with Crippen molar-refractivity contribution in [2.75, 3.05) is 24.9 Å². The summed E-state index contributed by atoms with van der Waals surface area (Å²) in [4.78, 5) is 4.40. The summed E-state index contributed by atoms with van der Waals surface area (Å²) < 4.78 is 5.12. The van der Waals surface area contributed by atoms with Crippen molar-refractivity contribution in [2.24, 2.45) is 0 Å². The van der Waals surface area contributed by atoms with Crippen molar-refractivity contribution >= 4 is 28.6 Å². The standard InChI is InChI=1S/C12H15ClN4O/c1-18-8-9(6-7-13)14-12-15-10-4-2-3-5-11(10)16-17-12/h2-5,9H,6-8H2,1H3,(H,14,15,17). The molecule has 1 atom stereocenters. The molecule has 0 spiro atoms. The van der Waals surface area contributed by atoms with Crippen molar-refractivity contribution < 1.29 is 4.74 Å². The van der Waals surface area contributed by atoms with Gasteiger partial charge in [-0.3, -0.25) is 0 Å². The Morgan fingerprint density at radius 2 is 2.06 bits per heavy atom. The Hall–Kier alpha value is -1.46. The maximum absolute atomic E-state index is 5.74. The van der Waals surface area contributed by atoms with Gasteiger partial charge in [-0.05, 0) is 18.6 Å².